The average Bonchev–Trinajstić information content (AvgIpc) is 3.55. The van der Waals surface area contributed by atoms with Crippen LogP contribution in [0, 0.1) is 5.82 Å². The van der Waals surface area contributed by atoms with Crippen LogP contribution in [0.15, 0.2) is 58.8 Å². The second-order valence-electron chi connectivity index (χ2n) is 7.15. The SMILES string of the molecule is O=C(Cn1cnc(-c2noc(-c3cccs3)n2)c1)N1CCN(c2ccccc2F)CC1. The Labute approximate surface area is 181 Å². The number of imidazole rings is 1. The highest BCUT2D eigenvalue weighted by molar-refractivity contribution is 7.13. The molecule has 1 saturated heterocycles. The number of hydrogen-bond acceptors (Lipinski definition) is 7. The van der Waals surface area contributed by atoms with Crippen LogP contribution in [0.2, 0.25) is 0 Å². The number of piperazine rings is 1. The van der Waals surface area contributed by atoms with Crippen LogP contribution in [0.5, 0.6) is 0 Å². The Bertz CT molecular complexity index is 1180. The molecular weight excluding hydrogens is 419 g/mol. The predicted molar refractivity (Wildman–Crippen MR) is 114 cm³/mol. The number of carbonyl (C=O) groups is 1. The van der Waals surface area contributed by atoms with Crippen molar-refractivity contribution in [2.75, 3.05) is 31.1 Å². The Morgan fingerprint density at radius 2 is 1.97 bits per heavy atom. The van der Waals surface area contributed by atoms with Gasteiger partial charge in [-0.05, 0) is 23.6 Å². The number of benzene rings is 1. The highest BCUT2D eigenvalue weighted by Crippen LogP contribution is 2.25. The lowest BCUT2D eigenvalue weighted by Crippen LogP contribution is -2.49. The standard InChI is InChI=1S/C21H19FN6O2S/c22-15-4-1-2-5-17(15)27-7-9-28(10-8-27)19(29)13-26-12-16(23-14-26)20-24-21(30-25-20)18-6-3-11-31-18/h1-6,11-12,14H,7-10,13H2. The molecule has 158 valence electrons. The maximum Gasteiger partial charge on any atom is 0.268 e. The van der Waals surface area contributed by atoms with Crippen LogP contribution in [-0.4, -0.2) is 56.7 Å². The summed E-state index contributed by atoms with van der Waals surface area (Å²) in [6.07, 6.45) is 3.32. The number of anilines is 1. The molecule has 0 radical (unpaired) electrons. The van der Waals surface area contributed by atoms with Gasteiger partial charge in [0.2, 0.25) is 11.7 Å². The van der Waals surface area contributed by atoms with Crippen LogP contribution in [-0.2, 0) is 11.3 Å². The number of nitrogens with zero attached hydrogens (tertiary/aromatic N) is 6. The van der Waals surface area contributed by atoms with Crippen LogP contribution < -0.4 is 4.90 Å². The minimum Gasteiger partial charge on any atom is -0.366 e. The first-order chi connectivity index (χ1) is 15.2. The Morgan fingerprint density at radius 3 is 2.74 bits per heavy atom. The third-order valence-corrected chi connectivity index (χ3v) is 6.02. The van der Waals surface area contributed by atoms with Gasteiger partial charge in [0.15, 0.2) is 0 Å². The lowest BCUT2D eigenvalue weighted by molar-refractivity contribution is -0.132. The first-order valence-electron chi connectivity index (χ1n) is 9.84. The summed E-state index contributed by atoms with van der Waals surface area (Å²) >= 11 is 1.52. The average molecular weight is 438 g/mol. The molecule has 0 unspecified atom stereocenters. The van der Waals surface area contributed by atoms with Gasteiger partial charge < -0.3 is 18.9 Å². The summed E-state index contributed by atoms with van der Waals surface area (Å²) in [5.41, 5.74) is 1.12. The summed E-state index contributed by atoms with van der Waals surface area (Å²) in [5.74, 6) is 0.581. The number of hydrogen-bond donors (Lipinski definition) is 0. The molecule has 4 aromatic rings. The van der Waals surface area contributed by atoms with Crippen LogP contribution in [0.4, 0.5) is 10.1 Å². The van der Waals surface area contributed by atoms with Gasteiger partial charge in [-0.15, -0.1) is 11.3 Å². The van der Waals surface area contributed by atoms with E-state index in [0.29, 0.717) is 49.3 Å². The monoisotopic (exact) mass is 438 g/mol. The zero-order valence-corrected chi connectivity index (χ0v) is 17.3. The van der Waals surface area contributed by atoms with Crippen molar-refractivity contribution in [2.24, 2.45) is 0 Å². The zero-order chi connectivity index (χ0) is 21.2. The number of thiophene rings is 1. The van der Waals surface area contributed by atoms with Gasteiger partial charge in [0.25, 0.3) is 5.89 Å². The summed E-state index contributed by atoms with van der Waals surface area (Å²) in [6.45, 7) is 2.45. The van der Waals surface area contributed by atoms with E-state index < -0.39 is 0 Å². The Kier molecular flexibility index (Phi) is 5.21. The summed E-state index contributed by atoms with van der Waals surface area (Å²) in [5, 5.41) is 5.92. The van der Waals surface area contributed by atoms with Gasteiger partial charge in [-0.3, -0.25) is 4.79 Å². The number of aromatic nitrogens is 4. The molecule has 1 amide bonds. The van der Waals surface area contributed by atoms with Crippen molar-refractivity contribution in [1.82, 2.24) is 24.6 Å². The second kappa shape index (κ2) is 8.31. The smallest absolute Gasteiger partial charge is 0.268 e. The molecule has 1 aliphatic rings. The Hall–Kier alpha value is -3.53. The number of halogens is 1. The summed E-state index contributed by atoms with van der Waals surface area (Å²) in [7, 11) is 0. The minimum absolute atomic E-state index is 0.00970. The van der Waals surface area contributed by atoms with Crippen molar-refractivity contribution in [1.29, 1.82) is 0 Å². The van der Waals surface area contributed by atoms with E-state index in [2.05, 4.69) is 15.1 Å². The molecule has 0 aliphatic carbocycles. The topological polar surface area (TPSA) is 80.3 Å². The van der Waals surface area contributed by atoms with Crippen molar-refractivity contribution in [2.45, 2.75) is 6.54 Å². The number of rotatable bonds is 5. The molecule has 1 fully saturated rings. The summed E-state index contributed by atoms with van der Waals surface area (Å²) < 4.78 is 21.0. The van der Waals surface area contributed by atoms with Gasteiger partial charge >= 0.3 is 0 Å². The second-order valence-corrected chi connectivity index (χ2v) is 8.10. The van der Waals surface area contributed by atoms with Gasteiger partial charge in [-0.2, -0.15) is 4.98 Å². The normalized spacial score (nSPS) is 14.2. The lowest BCUT2D eigenvalue weighted by Gasteiger charge is -2.36. The van der Waals surface area contributed by atoms with Crippen molar-refractivity contribution in [3.8, 4) is 22.3 Å². The van der Waals surface area contributed by atoms with E-state index in [1.807, 2.05) is 28.5 Å². The van der Waals surface area contributed by atoms with Crippen molar-refractivity contribution in [3.05, 3.63) is 60.1 Å². The third-order valence-electron chi connectivity index (χ3n) is 5.16. The molecule has 0 saturated carbocycles. The summed E-state index contributed by atoms with van der Waals surface area (Å²) in [6, 6.07) is 10.5. The van der Waals surface area contributed by atoms with Crippen molar-refractivity contribution >= 4 is 22.9 Å². The third kappa shape index (κ3) is 4.06. The molecule has 4 heterocycles. The molecule has 1 aromatic carbocycles. The molecular formula is C21H19FN6O2S. The molecule has 0 spiro atoms. The molecule has 1 aliphatic heterocycles. The molecule has 5 rings (SSSR count). The van der Waals surface area contributed by atoms with Crippen LogP contribution in [0.25, 0.3) is 22.3 Å². The van der Waals surface area contributed by atoms with E-state index in [9.17, 15) is 9.18 Å². The molecule has 10 heteroatoms. The van der Waals surface area contributed by atoms with E-state index in [0.717, 1.165) is 4.88 Å². The lowest BCUT2D eigenvalue weighted by atomic mass is 10.2. The first kappa shape index (κ1) is 19.4. The number of carbonyl (C=O) groups excluding carboxylic acids is 1. The minimum atomic E-state index is -0.239. The zero-order valence-electron chi connectivity index (χ0n) is 16.5. The Morgan fingerprint density at radius 1 is 1.13 bits per heavy atom. The van der Waals surface area contributed by atoms with Crippen LogP contribution in [0.3, 0.4) is 0 Å². The van der Waals surface area contributed by atoms with Crippen LogP contribution >= 0.6 is 11.3 Å². The molecule has 8 nitrogen and oxygen atoms in total. The maximum atomic E-state index is 14.0. The van der Waals surface area contributed by atoms with Gasteiger partial charge in [-0.25, -0.2) is 9.37 Å². The van der Waals surface area contributed by atoms with E-state index in [1.165, 1.54) is 17.4 Å². The van der Waals surface area contributed by atoms with E-state index in [1.54, 1.807) is 34.1 Å². The fourth-order valence-corrected chi connectivity index (χ4v) is 4.20. The van der Waals surface area contributed by atoms with Gasteiger partial charge in [-0.1, -0.05) is 23.4 Å². The molecule has 0 bridgehead atoms. The first-order valence-corrected chi connectivity index (χ1v) is 10.7. The number of para-hydroxylation sites is 1. The van der Waals surface area contributed by atoms with Gasteiger partial charge in [0.05, 0.1) is 16.9 Å². The molecule has 0 N–H and O–H groups in total. The van der Waals surface area contributed by atoms with Gasteiger partial charge in [0.1, 0.15) is 18.1 Å². The van der Waals surface area contributed by atoms with E-state index in [-0.39, 0.29) is 18.3 Å². The van der Waals surface area contributed by atoms with E-state index >= 15 is 0 Å². The fraction of sp³-hybridized carbons (Fsp3) is 0.238. The highest BCUT2D eigenvalue weighted by Gasteiger charge is 2.23. The fourth-order valence-electron chi connectivity index (χ4n) is 3.55. The molecule has 31 heavy (non-hydrogen) atoms. The maximum absolute atomic E-state index is 14.0. The predicted octanol–water partition coefficient (Wildman–Crippen LogP) is 3.15. The largest absolute Gasteiger partial charge is 0.366 e. The molecule has 0 atom stereocenters. The van der Waals surface area contributed by atoms with Crippen molar-refractivity contribution < 1.29 is 13.7 Å². The molecule has 3 aromatic heterocycles. The quantitative estimate of drug-likeness (QED) is 0.476. The Balaban J connectivity index is 1.19. The summed E-state index contributed by atoms with van der Waals surface area (Å²) in [4.78, 5) is 26.0. The number of amides is 1. The van der Waals surface area contributed by atoms with E-state index in [4.69, 9.17) is 4.52 Å². The van der Waals surface area contributed by atoms with Gasteiger partial charge in [0, 0.05) is 32.4 Å². The van der Waals surface area contributed by atoms with Crippen LogP contribution in [0.1, 0.15) is 0 Å². The highest BCUT2D eigenvalue weighted by atomic mass is 32.1. The van der Waals surface area contributed by atoms with Crippen molar-refractivity contribution in [3.63, 3.8) is 0 Å².